The Balaban J connectivity index is 1.59. The number of thiophene rings is 1. The lowest BCUT2D eigenvalue weighted by Crippen LogP contribution is -2.35. The molecule has 1 aromatic carbocycles. The highest BCUT2D eigenvalue weighted by Crippen LogP contribution is 2.28. The van der Waals surface area contributed by atoms with Gasteiger partial charge in [0.25, 0.3) is 5.56 Å². The molecule has 0 saturated heterocycles. The Morgan fingerprint density at radius 3 is 2.83 bits per heavy atom. The number of aromatic nitrogens is 2. The second kappa shape index (κ2) is 8.80. The molecule has 0 spiro atoms. The smallest absolute Gasteiger partial charge is 0.254 e. The minimum atomic E-state index is -0.0219. The van der Waals surface area contributed by atoms with Gasteiger partial charge in [0.2, 0.25) is 0 Å². The number of H-pyrrole nitrogens is 1. The summed E-state index contributed by atoms with van der Waals surface area (Å²) in [6.45, 7) is 7.38. The molecule has 3 heterocycles. The highest BCUT2D eigenvalue weighted by molar-refractivity contribution is 7.13. The second-order valence-electron chi connectivity index (χ2n) is 6.91. The normalized spacial score (nSPS) is 13.9. The van der Waals surface area contributed by atoms with Crippen LogP contribution < -0.4 is 15.0 Å². The monoisotopic (exact) mass is 411 g/mol. The average molecular weight is 412 g/mol. The molecule has 6 nitrogen and oxygen atoms in total. The molecule has 0 atom stereocenters. The summed E-state index contributed by atoms with van der Waals surface area (Å²) in [5, 5.41) is 1.99. The van der Waals surface area contributed by atoms with Crippen LogP contribution in [0.4, 0.5) is 0 Å². The molecule has 0 aliphatic carbocycles. The molecule has 0 unspecified atom stereocenters. The van der Waals surface area contributed by atoms with Gasteiger partial charge in [-0.15, -0.1) is 11.3 Å². The minimum Gasteiger partial charge on any atom is -0.494 e. The van der Waals surface area contributed by atoms with Gasteiger partial charge in [-0.05, 0) is 49.9 Å². The van der Waals surface area contributed by atoms with E-state index in [2.05, 4.69) is 9.88 Å². The number of nitrogens with one attached hydrogen (secondary N) is 1. The molecule has 4 rings (SSSR count). The van der Waals surface area contributed by atoms with Crippen molar-refractivity contribution in [2.45, 2.75) is 33.4 Å². The summed E-state index contributed by atoms with van der Waals surface area (Å²) in [4.78, 5) is 23.5. The van der Waals surface area contributed by atoms with Crippen molar-refractivity contribution in [2.75, 3.05) is 19.8 Å². The van der Waals surface area contributed by atoms with Crippen molar-refractivity contribution in [3.8, 4) is 22.2 Å². The zero-order chi connectivity index (χ0) is 20.2. The first kappa shape index (κ1) is 19.7. The van der Waals surface area contributed by atoms with Gasteiger partial charge in [0.15, 0.2) is 5.82 Å². The van der Waals surface area contributed by atoms with Gasteiger partial charge in [-0.3, -0.25) is 9.69 Å². The van der Waals surface area contributed by atoms with Crippen molar-refractivity contribution >= 4 is 11.3 Å². The summed E-state index contributed by atoms with van der Waals surface area (Å²) >= 11 is 1.58. The van der Waals surface area contributed by atoms with Crippen molar-refractivity contribution in [3.05, 3.63) is 62.9 Å². The zero-order valence-electron chi connectivity index (χ0n) is 16.7. The van der Waals surface area contributed by atoms with E-state index < -0.39 is 0 Å². The Bertz CT molecular complexity index is 1030. The lowest BCUT2D eigenvalue weighted by atomic mass is 10.0. The van der Waals surface area contributed by atoms with Gasteiger partial charge in [0.1, 0.15) is 11.5 Å². The second-order valence-corrected chi connectivity index (χ2v) is 7.86. The van der Waals surface area contributed by atoms with Crippen molar-refractivity contribution in [3.63, 3.8) is 0 Å². The number of aromatic amines is 1. The fourth-order valence-electron chi connectivity index (χ4n) is 3.63. The molecule has 152 valence electrons. The molecule has 1 aliphatic rings. The molecule has 2 aromatic heterocycles. The standard InChI is InChI=1S/C22H25N3O3S/c1-3-27-16-7-8-19(28-4-2)15(12-16)13-25-10-9-17-18(14-25)23-21(24-22(17)26)20-6-5-11-29-20/h5-8,11-12H,3-4,9-10,13-14H2,1-2H3,(H,23,24,26). The number of benzene rings is 1. The molecule has 29 heavy (non-hydrogen) atoms. The quantitative estimate of drug-likeness (QED) is 0.640. The molecule has 7 heteroatoms. The van der Waals surface area contributed by atoms with E-state index in [1.54, 1.807) is 11.3 Å². The number of fused-ring (bicyclic) bond motifs is 1. The van der Waals surface area contributed by atoms with E-state index in [0.717, 1.165) is 46.3 Å². The van der Waals surface area contributed by atoms with Crippen molar-refractivity contribution in [1.82, 2.24) is 14.9 Å². The van der Waals surface area contributed by atoms with Gasteiger partial charge in [0.05, 0.1) is 23.8 Å². The van der Waals surface area contributed by atoms with Crippen molar-refractivity contribution in [1.29, 1.82) is 0 Å². The molecule has 1 aliphatic heterocycles. The van der Waals surface area contributed by atoms with Crippen LogP contribution in [0.5, 0.6) is 11.5 Å². The zero-order valence-corrected chi connectivity index (χ0v) is 17.6. The van der Waals surface area contributed by atoms with Crippen LogP contribution in [0.2, 0.25) is 0 Å². The van der Waals surface area contributed by atoms with Crippen LogP contribution in [0.1, 0.15) is 30.7 Å². The molecule has 1 N–H and O–H groups in total. The largest absolute Gasteiger partial charge is 0.494 e. The number of hydrogen-bond acceptors (Lipinski definition) is 6. The molecule has 0 bridgehead atoms. The minimum absolute atomic E-state index is 0.0219. The molecule has 0 fully saturated rings. The molecular weight excluding hydrogens is 386 g/mol. The van der Waals surface area contributed by atoms with Crippen molar-refractivity contribution < 1.29 is 9.47 Å². The van der Waals surface area contributed by atoms with E-state index >= 15 is 0 Å². The fraction of sp³-hybridized carbons (Fsp3) is 0.364. The lowest BCUT2D eigenvalue weighted by Gasteiger charge is -2.28. The molecule has 0 amide bonds. The number of hydrogen-bond donors (Lipinski definition) is 1. The van der Waals surface area contributed by atoms with Gasteiger partial charge >= 0.3 is 0 Å². The third-order valence-corrected chi connectivity index (χ3v) is 5.82. The fourth-order valence-corrected chi connectivity index (χ4v) is 4.30. The Morgan fingerprint density at radius 1 is 1.21 bits per heavy atom. The maximum absolute atomic E-state index is 12.6. The van der Waals surface area contributed by atoms with Gasteiger partial charge in [-0.25, -0.2) is 4.98 Å². The van der Waals surface area contributed by atoms with Gasteiger partial charge in [-0.2, -0.15) is 0 Å². The first-order valence-corrected chi connectivity index (χ1v) is 10.8. The van der Waals surface area contributed by atoms with Gasteiger partial charge in [-0.1, -0.05) is 6.07 Å². The molecule has 0 saturated carbocycles. The Hall–Kier alpha value is -2.64. The van der Waals surface area contributed by atoms with E-state index in [1.165, 1.54) is 0 Å². The summed E-state index contributed by atoms with van der Waals surface area (Å²) in [6, 6.07) is 9.90. The van der Waals surface area contributed by atoms with Gasteiger partial charge < -0.3 is 14.5 Å². The number of ether oxygens (including phenoxy) is 2. The third kappa shape index (κ3) is 4.36. The van der Waals surface area contributed by atoms with Crippen LogP contribution in [0, 0.1) is 0 Å². The van der Waals surface area contributed by atoms with E-state index in [1.807, 2.05) is 49.6 Å². The predicted octanol–water partition coefficient (Wildman–Crippen LogP) is 3.85. The van der Waals surface area contributed by atoms with Crippen LogP contribution >= 0.6 is 11.3 Å². The van der Waals surface area contributed by atoms with E-state index in [0.29, 0.717) is 32.0 Å². The topological polar surface area (TPSA) is 67.5 Å². The number of rotatable bonds is 7. The summed E-state index contributed by atoms with van der Waals surface area (Å²) in [5.41, 5.74) is 2.73. The Morgan fingerprint density at radius 2 is 2.07 bits per heavy atom. The van der Waals surface area contributed by atoms with E-state index in [9.17, 15) is 4.79 Å². The average Bonchev–Trinajstić information content (AvgIpc) is 3.25. The lowest BCUT2D eigenvalue weighted by molar-refractivity contribution is 0.234. The highest BCUT2D eigenvalue weighted by atomic mass is 32.1. The summed E-state index contributed by atoms with van der Waals surface area (Å²) in [5.74, 6) is 2.37. The first-order valence-electron chi connectivity index (χ1n) is 9.94. The van der Waals surface area contributed by atoms with Crippen LogP contribution in [-0.4, -0.2) is 34.6 Å². The molecular formula is C22H25N3O3S. The first-order chi connectivity index (χ1) is 14.2. The third-order valence-electron chi connectivity index (χ3n) is 4.94. The van der Waals surface area contributed by atoms with Crippen LogP contribution in [0.15, 0.2) is 40.5 Å². The Labute approximate surface area is 174 Å². The maximum Gasteiger partial charge on any atom is 0.254 e. The van der Waals surface area contributed by atoms with Crippen LogP contribution in [-0.2, 0) is 19.5 Å². The SMILES string of the molecule is CCOc1ccc(OCC)c(CN2CCc3c(nc(-c4cccs4)[nH]c3=O)C2)c1. The molecule has 0 radical (unpaired) electrons. The summed E-state index contributed by atoms with van der Waals surface area (Å²) < 4.78 is 11.5. The number of nitrogens with zero attached hydrogens (tertiary/aromatic N) is 2. The molecule has 3 aromatic rings. The summed E-state index contributed by atoms with van der Waals surface area (Å²) in [6.07, 6.45) is 0.692. The highest BCUT2D eigenvalue weighted by Gasteiger charge is 2.22. The summed E-state index contributed by atoms with van der Waals surface area (Å²) in [7, 11) is 0. The van der Waals surface area contributed by atoms with E-state index in [-0.39, 0.29) is 5.56 Å². The predicted molar refractivity (Wildman–Crippen MR) is 115 cm³/mol. The van der Waals surface area contributed by atoms with E-state index in [4.69, 9.17) is 14.5 Å². The Kier molecular flexibility index (Phi) is 5.97. The van der Waals surface area contributed by atoms with Crippen LogP contribution in [0.3, 0.4) is 0 Å². The van der Waals surface area contributed by atoms with Crippen molar-refractivity contribution in [2.24, 2.45) is 0 Å². The van der Waals surface area contributed by atoms with Crippen LogP contribution in [0.25, 0.3) is 10.7 Å². The maximum atomic E-state index is 12.6. The van der Waals surface area contributed by atoms with Gasteiger partial charge in [0, 0.05) is 30.8 Å².